The fraction of sp³-hybridized carbons (Fsp3) is 0.0345. The van der Waals surface area contributed by atoms with Gasteiger partial charge in [0.15, 0.2) is 11.6 Å². The molecule has 1 heterocycles. The maximum absolute atomic E-state index is 12.8. The topological polar surface area (TPSA) is 46.7 Å². The summed E-state index contributed by atoms with van der Waals surface area (Å²) < 4.78 is 5.52. The summed E-state index contributed by atoms with van der Waals surface area (Å²) >= 11 is 0. The lowest BCUT2D eigenvalue weighted by atomic mass is 9.76. The highest BCUT2D eigenvalue weighted by Gasteiger charge is 2.47. The van der Waals surface area contributed by atoms with Crippen molar-refractivity contribution in [3.63, 3.8) is 0 Å². The van der Waals surface area contributed by atoms with Gasteiger partial charge in [-0.3, -0.25) is 9.59 Å². The van der Waals surface area contributed by atoms with Gasteiger partial charge in [-0.15, -0.1) is 0 Å². The van der Waals surface area contributed by atoms with Crippen molar-refractivity contribution >= 4 is 56.2 Å². The molecule has 7 aromatic carbocycles. The first-order valence-corrected chi connectivity index (χ1v) is 20.7. The Kier molecular flexibility index (Phi) is 10.2. The molecule has 3 nitrogen and oxygen atoms in total. The van der Waals surface area contributed by atoms with Crippen LogP contribution >= 0.6 is 0 Å². The van der Waals surface area contributed by atoms with E-state index in [0.29, 0.717) is 12.2 Å². The van der Waals surface area contributed by atoms with Crippen LogP contribution in [0.3, 0.4) is 0 Å². The third kappa shape index (κ3) is 7.33. The van der Waals surface area contributed by atoms with Crippen LogP contribution < -0.4 is 0 Å². The zero-order valence-corrected chi connectivity index (χ0v) is 33.3. The fourth-order valence-electron chi connectivity index (χ4n) is 8.71. The molecule has 5 aliphatic rings. The molecular weight excluding hydrogens is 745 g/mol. The van der Waals surface area contributed by atoms with E-state index >= 15 is 0 Å². The third-order valence-electron chi connectivity index (χ3n) is 11.6. The van der Waals surface area contributed by atoms with Crippen molar-refractivity contribution in [3.05, 3.63) is 275 Å². The predicted molar refractivity (Wildman–Crippen MR) is 249 cm³/mol. The number of fused-ring (bicyclic) bond motifs is 5. The second kappa shape index (κ2) is 16.5. The minimum atomic E-state index is 0.0684. The minimum absolute atomic E-state index is 0.0684. The van der Waals surface area contributed by atoms with E-state index in [1.807, 2.05) is 133 Å². The van der Waals surface area contributed by atoms with Gasteiger partial charge in [0.1, 0.15) is 12.2 Å². The molecule has 1 saturated heterocycles. The number of hydrogen-bond acceptors (Lipinski definition) is 3. The minimum Gasteiger partial charge on any atom is -0.360 e. The van der Waals surface area contributed by atoms with E-state index in [4.69, 9.17) is 4.74 Å². The summed E-state index contributed by atoms with van der Waals surface area (Å²) in [5, 5.41) is 0. The van der Waals surface area contributed by atoms with Gasteiger partial charge in [0.05, 0.1) is 0 Å². The second-order valence-electron chi connectivity index (χ2n) is 15.3. The molecular formula is C58H40O3. The lowest BCUT2D eigenvalue weighted by Gasteiger charge is -2.26. The predicted octanol–water partition coefficient (Wildman–Crippen LogP) is 12.8. The fourth-order valence-corrected chi connectivity index (χ4v) is 8.71. The number of benzene rings is 7. The average molecular weight is 785 g/mol. The van der Waals surface area contributed by atoms with E-state index in [0.717, 1.165) is 66.8 Å². The van der Waals surface area contributed by atoms with Crippen LogP contribution in [-0.2, 0) is 14.3 Å². The molecule has 0 amide bonds. The molecule has 0 spiro atoms. The molecule has 12 rings (SSSR count). The second-order valence-corrected chi connectivity index (χ2v) is 15.3. The monoisotopic (exact) mass is 784 g/mol. The third-order valence-corrected chi connectivity index (χ3v) is 11.6. The van der Waals surface area contributed by atoms with Gasteiger partial charge in [-0.05, 0) is 79.0 Å². The Morgan fingerprint density at radius 2 is 0.672 bits per heavy atom. The molecule has 4 aliphatic carbocycles. The van der Waals surface area contributed by atoms with E-state index in [1.54, 1.807) is 12.2 Å². The van der Waals surface area contributed by atoms with Crippen LogP contribution in [0.15, 0.2) is 231 Å². The van der Waals surface area contributed by atoms with Gasteiger partial charge >= 0.3 is 0 Å². The number of carbonyl (C=O) groups is 2. The summed E-state index contributed by atoms with van der Waals surface area (Å²) in [6.07, 6.45) is 8.66. The molecule has 1 aliphatic heterocycles. The summed E-state index contributed by atoms with van der Waals surface area (Å²) in [6.45, 7) is 0. The Balaban J connectivity index is 0.000000114. The number of allylic oxidation sites excluding steroid dienone is 10. The molecule has 1 fully saturated rings. The zero-order chi connectivity index (χ0) is 41.1. The summed E-state index contributed by atoms with van der Waals surface area (Å²) in [5.74, 6) is 0.137. The standard InChI is InChI=1S/2C23H16O.C12H8O/c2*24-21-16-20(17-10-4-1-5-11-17)22(18-12-6-2-7-13-18)23(21)19-14-8-3-9-15-19;1-2-4-8-7(3-1)9-5-6-10-12(13-10)11(8)9/h2*1-16H;1-6,10,12H. The molecule has 2 unspecified atom stereocenters. The van der Waals surface area contributed by atoms with Gasteiger partial charge in [-0.1, -0.05) is 218 Å². The normalized spacial score (nSPS) is 17.8. The Bertz CT molecular complexity index is 2810. The highest BCUT2D eigenvalue weighted by atomic mass is 16.6. The highest BCUT2D eigenvalue weighted by Crippen LogP contribution is 2.52. The summed E-state index contributed by atoms with van der Waals surface area (Å²) in [4.78, 5) is 25.6. The van der Waals surface area contributed by atoms with Gasteiger partial charge in [-0.2, -0.15) is 0 Å². The Morgan fingerprint density at radius 3 is 1.07 bits per heavy atom. The molecule has 7 aromatic rings. The van der Waals surface area contributed by atoms with Crippen LogP contribution in [0.25, 0.3) is 44.6 Å². The van der Waals surface area contributed by atoms with Crippen molar-refractivity contribution in [1.82, 2.24) is 0 Å². The molecule has 3 heteroatoms. The number of rotatable bonds is 6. The van der Waals surface area contributed by atoms with Crippen LogP contribution in [0.2, 0.25) is 0 Å². The summed E-state index contributed by atoms with van der Waals surface area (Å²) in [5.41, 5.74) is 17.4. The van der Waals surface area contributed by atoms with Crippen LogP contribution in [0.5, 0.6) is 0 Å². The number of ether oxygens (including phenoxy) is 1. The number of epoxide rings is 1. The highest BCUT2D eigenvalue weighted by molar-refractivity contribution is 6.46. The lowest BCUT2D eigenvalue weighted by Crippen LogP contribution is -2.13. The largest absolute Gasteiger partial charge is 0.360 e. The van der Waals surface area contributed by atoms with Crippen LogP contribution in [-0.4, -0.2) is 23.8 Å². The van der Waals surface area contributed by atoms with Crippen molar-refractivity contribution in [3.8, 4) is 0 Å². The van der Waals surface area contributed by atoms with E-state index < -0.39 is 0 Å². The van der Waals surface area contributed by atoms with Crippen LogP contribution in [0.4, 0.5) is 0 Å². The summed E-state index contributed by atoms with van der Waals surface area (Å²) in [7, 11) is 0. The van der Waals surface area contributed by atoms with E-state index in [-0.39, 0.29) is 11.6 Å². The maximum Gasteiger partial charge on any atom is 0.187 e. The van der Waals surface area contributed by atoms with Crippen molar-refractivity contribution in [1.29, 1.82) is 0 Å². The molecule has 0 bridgehead atoms. The van der Waals surface area contributed by atoms with Gasteiger partial charge in [0.2, 0.25) is 0 Å². The molecule has 0 aromatic heterocycles. The van der Waals surface area contributed by atoms with Crippen molar-refractivity contribution in [2.45, 2.75) is 12.2 Å². The van der Waals surface area contributed by atoms with Crippen LogP contribution in [0, 0.1) is 0 Å². The molecule has 0 radical (unpaired) electrons. The van der Waals surface area contributed by atoms with Crippen LogP contribution in [0.1, 0.15) is 44.5 Å². The van der Waals surface area contributed by atoms with Crippen molar-refractivity contribution in [2.24, 2.45) is 0 Å². The zero-order valence-electron chi connectivity index (χ0n) is 33.3. The first kappa shape index (κ1) is 37.5. The van der Waals surface area contributed by atoms with E-state index in [1.165, 1.54) is 22.3 Å². The maximum atomic E-state index is 12.8. The number of ketones is 2. The van der Waals surface area contributed by atoms with Gasteiger partial charge in [0, 0.05) is 22.3 Å². The number of carbonyl (C=O) groups excluding carboxylic acids is 2. The first-order chi connectivity index (χ1) is 30.1. The quantitative estimate of drug-likeness (QED) is 0.158. The number of hydrogen-bond donors (Lipinski definition) is 0. The lowest BCUT2D eigenvalue weighted by molar-refractivity contribution is -0.110. The first-order valence-electron chi connectivity index (χ1n) is 20.7. The molecule has 2 atom stereocenters. The van der Waals surface area contributed by atoms with Gasteiger partial charge in [0.25, 0.3) is 0 Å². The molecule has 290 valence electrons. The molecule has 0 saturated carbocycles. The van der Waals surface area contributed by atoms with Gasteiger partial charge in [-0.25, -0.2) is 0 Å². The van der Waals surface area contributed by atoms with E-state index in [9.17, 15) is 9.59 Å². The van der Waals surface area contributed by atoms with E-state index in [2.05, 4.69) is 84.9 Å². The Labute approximate surface area is 356 Å². The SMILES string of the molecule is C1=CC2OC2C2=C1c1ccccc12.O=C1C=C(c2ccccc2)C(c2ccccc2)=C1c1ccccc1.O=C1C=C(c2ccccc2)C(c2ccccc2)=C1c1ccccc1. The molecule has 0 N–H and O–H groups in total. The Morgan fingerprint density at radius 1 is 0.344 bits per heavy atom. The average Bonchev–Trinajstić information content (AvgIpc) is 3.89. The van der Waals surface area contributed by atoms with Crippen molar-refractivity contribution in [2.75, 3.05) is 0 Å². The summed E-state index contributed by atoms with van der Waals surface area (Å²) in [6, 6.07) is 68.9. The molecule has 61 heavy (non-hydrogen) atoms. The smallest absolute Gasteiger partial charge is 0.187 e. The van der Waals surface area contributed by atoms with Gasteiger partial charge < -0.3 is 4.74 Å². The Hall–Kier alpha value is -7.72. The van der Waals surface area contributed by atoms with Crippen molar-refractivity contribution < 1.29 is 14.3 Å².